The van der Waals surface area contributed by atoms with E-state index in [1.54, 1.807) is 13.3 Å². The maximum Gasteiger partial charge on any atom is 0.416 e. The molecule has 0 N–H and O–H groups in total. The van der Waals surface area contributed by atoms with Gasteiger partial charge >= 0.3 is 6.18 Å². The first kappa shape index (κ1) is 17.5. The SMILES string of the molecule is COCCn1ccnc1CN(C)Cc1ccc(C(F)(F)F)cc1. The fourth-order valence-electron chi connectivity index (χ4n) is 2.29. The third-order valence-electron chi connectivity index (χ3n) is 3.48. The Morgan fingerprint density at radius 2 is 1.87 bits per heavy atom. The van der Waals surface area contributed by atoms with E-state index in [0.29, 0.717) is 19.7 Å². The van der Waals surface area contributed by atoms with E-state index in [2.05, 4.69) is 4.98 Å². The number of rotatable bonds is 7. The number of hydrogen-bond donors (Lipinski definition) is 0. The number of alkyl halides is 3. The summed E-state index contributed by atoms with van der Waals surface area (Å²) in [5, 5.41) is 0. The summed E-state index contributed by atoms with van der Waals surface area (Å²) in [6.45, 7) is 2.49. The molecule has 0 aliphatic carbocycles. The van der Waals surface area contributed by atoms with Gasteiger partial charge in [0, 0.05) is 32.6 Å². The largest absolute Gasteiger partial charge is 0.416 e. The van der Waals surface area contributed by atoms with Crippen molar-refractivity contribution in [1.82, 2.24) is 14.5 Å². The highest BCUT2D eigenvalue weighted by Crippen LogP contribution is 2.29. The maximum absolute atomic E-state index is 12.5. The van der Waals surface area contributed by atoms with Crippen molar-refractivity contribution in [2.75, 3.05) is 20.8 Å². The Bertz CT molecular complexity index is 608. The average Bonchev–Trinajstić information content (AvgIpc) is 2.91. The molecule has 1 heterocycles. The molecule has 0 amide bonds. The summed E-state index contributed by atoms with van der Waals surface area (Å²) in [7, 11) is 3.56. The van der Waals surface area contributed by atoms with Crippen LogP contribution in [0.1, 0.15) is 17.0 Å². The molecule has 0 saturated carbocycles. The zero-order chi connectivity index (χ0) is 16.9. The number of imidazole rings is 1. The topological polar surface area (TPSA) is 30.3 Å². The van der Waals surface area contributed by atoms with Gasteiger partial charge in [0.1, 0.15) is 5.82 Å². The molecular weight excluding hydrogens is 307 g/mol. The second-order valence-corrected chi connectivity index (χ2v) is 5.40. The quantitative estimate of drug-likeness (QED) is 0.782. The van der Waals surface area contributed by atoms with Crippen LogP contribution in [-0.4, -0.2) is 35.2 Å². The summed E-state index contributed by atoms with van der Waals surface area (Å²) in [5.41, 5.74) is 0.203. The van der Waals surface area contributed by atoms with E-state index in [1.165, 1.54) is 12.1 Å². The van der Waals surface area contributed by atoms with Gasteiger partial charge in [-0.25, -0.2) is 4.98 Å². The minimum Gasteiger partial charge on any atom is -0.383 e. The number of aromatic nitrogens is 2. The summed E-state index contributed by atoms with van der Waals surface area (Å²) in [6, 6.07) is 5.25. The monoisotopic (exact) mass is 327 g/mol. The van der Waals surface area contributed by atoms with Gasteiger partial charge in [-0.05, 0) is 24.7 Å². The Morgan fingerprint density at radius 1 is 1.17 bits per heavy atom. The zero-order valence-electron chi connectivity index (χ0n) is 13.2. The second-order valence-electron chi connectivity index (χ2n) is 5.40. The van der Waals surface area contributed by atoms with Crippen molar-refractivity contribution in [2.24, 2.45) is 0 Å². The number of nitrogens with zero attached hydrogens (tertiary/aromatic N) is 3. The van der Waals surface area contributed by atoms with Gasteiger partial charge in [-0.3, -0.25) is 4.90 Å². The Morgan fingerprint density at radius 3 is 2.48 bits per heavy atom. The zero-order valence-corrected chi connectivity index (χ0v) is 13.2. The summed E-state index contributed by atoms with van der Waals surface area (Å²) < 4.78 is 44.7. The van der Waals surface area contributed by atoms with Crippen LogP contribution in [0.15, 0.2) is 36.7 Å². The van der Waals surface area contributed by atoms with Gasteiger partial charge in [-0.2, -0.15) is 13.2 Å². The van der Waals surface area contributed by atoms with Crippen molar-refractivity contribution in [3.05, 3.63) is 53.6 Å². The van der Waals surface area contributed by atoms with Crippen LogP contribution in [-0.2, 0) is 30.5 Å². The van der Waals surface area contributed by atoms with Crippen LogP contribution in [0.25, 0.3) is 0 Å². The summed E-state index contributed by atoms with van der Waals surface area (Å²) in [6.07, 6.45) is -0.673. The first-order valence-corrected chi connectivity index (χ1v) is 7.24. The van der Waals surface area contributed by atoms with Crippen LogP contribution in [0.2, 0.25) is 0 Å². The molecule has 1 aromatic heterocycles. The van der Waals surface area contributed by atoms with E-state index >= 15 is 0 Å². The van der Waals surface area contributed by atoms with Crippen molar-refractivity contribution < 1.29 is 17.9 Å². The Hall–Kier alpha value is -1.86. The third-order valence-corrected chi connectivity index (χ3v) is 3.48. The molecule has 0 bridgehead atoms. The minimum atomic E-state index is -4.30. The summed E-state index contributed by atoms with van der Waals surface area (Å²) in [5.74, 6) is 0.900. The normalized spacial score (nSPS) is 12.1. The van der Waals surface area contributed by atoms with Gasteiger partial charge < -0.3 is 9.30 Å². The van der Waals surface area contributed by atoms with E-state index in [1.807, 2.05) is 22.7 Å². The molecule has 2 aromatic rings. The van der Waals surface area contributed by atoms with Crippen molar-refractivity contribution in [3.63, 3.8) is 0 Å². The molecule has 1 aromatic carbocycles. The number of ether oxygens (including phenoxy) is 1. The van der Waals surface area contributed by atoms with Crippen LogP contribution < -0.4 is 0 Å². The molecule has 126 valence electrons. The van der Waals surface area contributed by atoms with Crippen LogP contribution >= 0.6 is 0 Å². The molecule has 23 heavy (non-hydrogen) atoms. The summed E-state index contributed by atoms with van der Waals surface area (Å²) >= 11 is 0. The average molecular weight is 327 g/mol. The molecule has 0 aliphatic rings. The van der Waals surface area contributed by atoms with Crippen LogP contribution in [0, 0.1) is 0 Å². The molecular formula is C16H20F3N3O. The fourth-order valence-corrected chi connectivity index (χ4v) is 2.29. The smallest absolute Gasteiger partial charge is 0.383 e. The molecule has 0 atom stereocenters. The lowest BCUT2D eigenvalue weighted by Gasteiger charge is -2.18. The highest BCUT2D eigenvalue weighted by molar-refractivity contribution is 5.24. The van der Waals surface area contributed by atoms with Crippen molar-refractivity contribution >= 4 is 0 Å². The molecule has 0 saturated heterocycles. The van der Waals surface area contributed by atoms with E-state index in [4.69, 9.17) is 4.74 Å². The second kappa shape index (κ2) is 7.61. The van der Waals surface area contributed by atoms with Gasteiger partial charge in [0.25, 0.3) is 0 Å². The molecule has 2 rings (SSSR count). The van der Waals surface area contributed by atoms with Gasteiger partial charge in [0.2, 0.25) is 0 Å². The predicted octanol–water partition coefficient (Wildman–Crippen LogP) is 3.18. The number of benzene rings is 1. The van der Waals surface area contributed by atoms with E-state index in [9.17, 15) is 13.2 Å². The van der Waals surface area contributed by atoms with E-state index in [0.717, 1.165) is 30.1 Å². The summed E-state index contributed by atoms with van der Waals surface area (Å²) in [4.78, 5) is 6.32. The first-order valence-electron chi connectivity index (χ1n) is 7.24. The molecule has 0 unspecified atom stereocenters. The van der Waals surface area contributed by atoms with Crippen LogP contribution in [0.3, 0.4) is 0 Å². The highest BCUT2D eigenvalue weighted by atomic mass is 19.4. The molecule has 0 spiro atoms. The van der Waals surface area contributed by atoms with E-state index in [-0.39, 0.29) is 0 Å². The number of methoxy groups -OCH3 is 1. The van der Waals surface area contributed by atoms with Gasteiger partial charge in [0.15, 0.2) is 0 Å². The van der Waals surface area contributed by atoms with Gasteiger partial charge in [0.05, 0.1) is 18.7 Å². The van der Waals surface area contributed by atoms with Crippen molar-refractivity contribution in [3.8, 4) is 0 Å². The number of hydrogen-bond acceptors (Lipinski definition) is 3. The van der Waals surface area contributed by atoms with Crippen molar-refractivity contribution in [2.45, 2.75) is 25.8 Å². The predicted molar refractivity (Wildman–Crippen MR) is 80.7 cm³/mol. The lowest BCUT2D eigenvalue weighted by molar-refractivity contribution is -0.137. The number of halogens is 3. The molecule has 0 aliphatic heterocycles. The molecule has 0 fully saturated rings. The Balaban J connectivity index is 1.94. The third kappa shape index (κ3) is 5.07. The Kier molecular flexibility index (Phi) is 5.79. The lowest BCUT2D eigenvalue weighted by Crippen LogP contribution is -2.21. The highest BCUT2D eigenvalue weighted by Gasteiger charge is 2.29. The molecule has 7 heteroatoms. The van der Waals surface area contributed by atoms with Crippen LogP contribution in [0.4, 0.5) is 13.2 Å². The van der Waals surface area contributed by atoms with Gasteiger partial charge in [-0.15, -0.1) is 0 Å². The van der Waals surface area contributed by atoms with Crippen molar-refractivity contribution in [1.29, 1.82) is 0 Å². The minimum absolute atomic E-state index is 0.551. The Labute approximate surface area is 133 Å². The fraction of sp³-hybridized carbons (Fsp3) is 0.438. The molecule has 0 radical (unpaired) electrons. The lowest BCUT2D eigenvalue weighted by atomic mass is 10.1. The maximum atomic E-state index is 12.5. The first-order chi connectivity index (χ1) is 10.9. The standard InChI is InChI=1S/C16H20F3N3O/c1-21(12-15-20-7-8-22(15)9-10-23-2)11-13-3-5-14(6-4-13)16(17,18)19/h3-8H,9-12H2,1-2H3. The molecule has 4 nitrogen and oxygen atoms in total. The van der Waals surface area contributed by atoms with Crippen LogP contribution in [0.5, 0.6) is 0 Å². The van der Waals surface area contributed by atoms with Gasteiger partial charge in [-0.1, -0.05) is 12.1 Å². The van der Waals surface area contributed by atoms with E-state index < -0.39 is 11.7 Å².